The van der Waals surface area contributed by atoms with Gasteiger partial charge in [-0.05, 0) is 50.7 Å². The van der Waals surface area contributed by atoms with Gasteiger partial charge in [-0.15, -0.1) is 0 Å². The Kier molecular flexibility index (Phi) is 5.97. The zero-order chi connectivity index (χ0) is 19.5. The van der Waals surface area contributed by atoms with Crippen LogP contribution in [0.1, 0.15) is 43.6 Å². The zero-order valence-electron chi connectivity index (χ0n) is 16.7. The number of hydrogen-bond donors (Lipinski definition) is 0. The number of aryl methyl sites for hydroxylation is 1. The van der Waals surface area contributed by atoms with Gasteiger partial charge in [-0.2, -0.15) is 0 Å². The van der Waals surface area contributed by atoms with E-state index in [1.165, 1.54) is 32.4 Å². The Labute approximate surface area is 165 Å². The number of nitrogens with zero attached hydrogens (tertiary/aromatic N) is 2. The van der Waals surface area contributed by atoms with Gasteiger partial charge in [0.25, 0.3) is 0 Å². The number of hydrogen-bond acceptors (Lipinski definition) is 5. The second-order valence-electron chi connectivity index (χ2n) is 7.99. The maximum atomic E-state index is 14.4. The first-order valence-electron chi connectivity index (χ1n) is 10.3. The van der Waals surface area contributed by atoms with Crippen LogP contribution in [-0.2, 0) is 11.3 Å². The van der Waals surface area contributed by atoms with Crippen molar-refractivity contribution in [3.8, 4) is 17.2 Å². The quantitative estimate of drug-likeness (QED) is 0.662. The Balaban J connectivity index is 1.50. The first-order valence-corrected chi connectivity index (χ1v) is 10.3. The number of halogens is 1. The molecule has 0 bridgehead atoms. The van der Waals surface area contributed by atoms with Crippen LogP contribution in [0.2, 0.25) is 0 Å². The molecule has 1 aromatic heterocycles. The summed E-state index contributed by atoms with van der Waals surface area (Å²) in [5, 5.41) is 0. The number of ether oxygens (including phenoxy) is 2. The van der Waals surface area contributed by atoms with E-state index in [0.29, 0.717) is 29.9 Å². The zero-order valence-corrected chi connectivity index (χ0v) is 16.7. The van der Waals surface area contributed by atoms with Crippen LogP contribution in [0.5, 0.6) is 5.75 Å². The van der Waals surface area contributed by atoms with Crippen LogP contribution in [0.4, 0.5) is 4.39 Å². The molecule has 152 valence electrons. The molecule has 1 saturated carbocycles. The van der Waals surface area contributed by atoms with Crippen molar-refractivity contribution in [1.82, 2.24) is 9.88 Å². The highest BCUT2D eigenvalue weighted by atomic mass is 19.1. The van der Waals surface area contributed by atoms with Gasteiger partial charge in [-0.1, -0.05) is 6.42 Å². The van der Waals surface area contributed by atoms with E-state index in [4.69, 9.17) is 13.9 Å². The van der Waals surface area contributed by atoms with Crippen molar-refractivity contribution in [3.63, 3.8) is 0 Å². The van der Waals surface area contributed by atoms with Gasteiger partial charge in [-0.25, -0.2) is 9.37 Å². The molecule has 4 rings (SSSR count). The first kappa shape index (κ1) is 19.4. The van der Waals surface area contributed by atoms with Crippen molar-refractivity contribution in [2.24, 2.45) is 5.92 Å². The number of benzene rings is 1. The Morgan fingerprint density at radius 1 is 1.21 bits per heavy atom. The van der Waals surface area contributed by atoms with E-state index in [9.17, 15) is 4.39 Å². The molecule has 0 N–H and O–H groups in total. The molecule has 1 aliphatic heterocycles. The minimum absolute atomic E-state index is 0.311. The number of aromatic nitrogens is 1. The van der Waals surface area contributed by atoms with Crippen molar-refractivity contribution in [3.05, 3.63) is 35.5 Å². The molecule has 2 aromatic rings. The molecule has 0 amide bonds. The number of methoxy groups -OCH3 is 1. The molecule has 1 atom stereocenters. The van der Waals surface area contributed by atoms with Crippen molar-refractivity contribution in [1.29, 1.82) is 0 Å². The Morgan fingerprint density at radius 3 is 2.71 bits per heavy atom. The summed E-state index contributed by atoms with van der Waals surface area (Å²) in [4.78, 5) is 7.08. The van der Waals surface area contributed by atoms with Crippen molar-refractivity contribution in [2.45, 2.75) is 51.7 Å². The van der Waals surface area contributed by atoms with Crippen LogP contribution >= 0.6 is 0 Å². The van der Waals surface area contributed by atoms with Gasteiger partial charge in [0.1, 0.15) is 17.3 Å². The van der Waals surface area contributed by atoms with Crippen LogP contribution in [0.15, 0.2) is 22.6 Å². The van der Waals surface area contributed by atoms with Gasteiger partial charge in [0.15, 0.2) is 0 Å². The average Bonchev–Trinajstić information content (AvgIpc) is 3.28. The molecule has 0 radical (unpaired) electrons. The maximum Gasteiger partial charge on any atom is 0.229 e. The van der Waals surface area contributed by atoms with Crippen molar-refractivity contribution < 1.29 is 18.3 Å². The van der Waals surface area contributed by atoms with Gasteiger partial charge in [-0.3, -0.25) is 4.90 Å². The van der Waals surface area contributed by atoms with E-state index in [2.05, 4.69) is 9.88 Å². The van der Waals surface area contributed by atoms with Crippen LogP contribution in [0.25, 0.3) is 11.5 Å². The smallest absolute Gasteiger partial charge is 0.229 e. The summed E-state index contributed by atoms with van der Waals surface area (Å²) in [6, 6.07) is 4.73. The van der Waals surface area contributed by atoms with E-state index < -0.39 is 5.82 Å². The monoisotopic (exact) mass is 388 g/mol. The molecule has 2 aliphatic rings. The molecule has 2 heterocycles. The molecule has 1 aliphatic carbocycles. The first-order chi connectivity index (χ1) is 13.6. The maximum absolute atomic E-state index is 14.4. The lowest BCUT2D eigenvalue weighted by Gasteiger charge is -2.33. The van der Waals surface area contributed by atoms with E-state index in [0.717, 1.165) is 49.9 Å². The summed E-state index contributed by atoms with van der Waals surface area (Å²) in [5.74, 6) is 1.93. The summed E-state index contributed by atoms with van der Waals surface area (Å²) < 4.78 is 31.2. The molecule has 1 aromatic carbocycles. The fraction of sp³-hybridized carbons (Fsp3) is 0.591. The summed E-state index contributed by atoms with van der Waals surface area (Å²) in [7, 11) is 1.52. The number of oxazole rings is 1. The van der Waals surface area contributed by atoms with Crippen LogP contribution in [-0.4, -0.2) is 42.8 Å². The highest BCUT2D eigenvalue weighted by Crippen LogP contribution is 2.30. The second kappa shape index (κ2) is 8.62. The minimum atomic E-state index is -0.391. The minimum Gasteiger partial charge on any atom is -0.497 e. The lowest BCUT2D eigenvalue weighted by atomic mass is 9.85. The fourth-order valence-electron chi connectivity index (χ4n) is 4.02. The van der Waals surface area contributed by atoms with Gasteiger partial charge in [0, 0.05) is 32.3 Å². The molecule has 0 unspecified atom stereocenters. The molecule has 0 spiro atoms. The molecular weight excluding hydrogens is 359 g/mol. The van der Waals surface area contributed by atoms with E-state index in [1.54, 1.807) is 12.1 Å². The summed E-state index contributed by atoms with van der Waals surface area (Å²) in [6.07, 6.45) is 6.53. The highest BCUT2D eigenvalue weighted by molar-refractivity contribution is 5.56. The number of rotatable bonds is 8. The summed E-state index contributed by atoms with van der Waals surface area (Å²) in [5.41, 5.74) is 1.24. The summed E-state index contributed by atoms with van der Waals surface area (Å²) >= 11 is 0. The third kappa shape index (κ3) is 4.39. The van der Waals surface area contributed by atoms with Crippen molar-refractivity contribution in [2.75, 3.05) is 26.8 Å². The van der Waals surface area contributed by atoms with Crippen LogP contribution in [0, 0.1) is 18.7 Å². The van der Waals surface area contributed by atoms with Gasteiger partial charge < -0.3 is 13.9 Å². The third-order valence-corrected chi connectivity index (χ3v) is 5.90. The largest absolute Gasteiger partial charge is 0.497 e. The predicted octanol–water partition coefficient (Wildman–Crippen LogP) is 4.58. The summed E-state index contributed by atoms with van der Waals surface area (Å²) in [6.45, 7) is 5.48. The lowest BCUT2D eigenvalue weighted by molar-refractivity contribution is 0.0574. The Bertz CT molecular complexity index is 797. The Morgan fingerprint density at radius 2 is 2.07 bits per heavy atom. The second-order valence-corrected chi connectivity index (χ2v) is 7.99. The lowest BCUT2D eigenvalue weighted by Crippen LogP contribution is -2.37. The van der Waals surface area contributed by atoms with E-state index in [-0.39, 0.29) is 0 Å². The molecule has 6 heteroatoms. The van der Waals surface area contributed by atoms with E-state index in [1.807, 2.05) is 6.92 Å². The molecule has 5 nitrogen and oxygen atoms in total. The SMILES string of the molecule is COc1ccc(-c2nc(CN(CC3CCC3)C[C@@H]3CCCO3)c(C)o2)c(F)c1. The topological polar surface area (TPSA) is 47.7 Å². The van der Waals surface area contributed by atoms with E-state index >= 15 is 0 Å². The Hall–Kier alpha value is -1.92. The predicted molar refractivity (Wildman–Crippen MR) is 105 cm³/mol. The van der Waals surface area contributed by atoms with Crippen LogP contribution in [0.3, 0.4) is 0 Å². The molecule has 28 heavy (non-hydrogen) atoms. The normalized spacial score (nSPS) is 19.9. The molecule has 1 saturated heterocycles. The van der Waals surface area contributed by atoms with Gasteiger partial charge >= 0.3 is 0 Å². The van der Waals surface area contributed by atoms with Crippen molar-refractivity contribution >= 4 is 0 Å². The molecule has 2 fully saturated rings. The highest BCUT2D eigenvalue weighted by Gasteiger charge is 2.26. The van der Waals surface area contributed by atoms with Gasteiger partial charge in [0.05, 0.1) is 24.5 Å². The van der Waals surface area contributed by atoms with Crippen LogP contribution < -0.4 is 4.74 Å². The van der Waals surface area contributed by atoms with Gasteiger partial charge in [0.2, 0.25) is 5.89 Å². The standard InChI is InChI=1S/C22H29FN2O3/c1-15-21(24-22(28-15)19-9-8-17(26-2)11-20(19)23)14-25(12-16-5-3-6-16)13-18-7-4-10-27-18/h8-9,11,16,18H,3-7,10,12-14H2,1-2H3/t18-/m0/s1. The average molecular weight is 388 g/mol. The molecular formula is C22H29FN2O3. The fourth-order valence-corrected chi connectivity index (χ4v) is 4.02. The third-order valence-electron chi connectivity index (χ3n) is 5.90.